The summed E-state index contributed by atoms with van der Waals surface area (Å²) in [5, 5.41) is 2.56. The molecule has 0 atom stereocenters. The summed E-state index contributed by atoms with van der Waals surface area (Å²) in [7, 11) is 0. The molecule has 1 heterocycles. The van der Waals surface area contributed by atoms with Crippen LogP contribution in [0.3, 0.4) is 0 Å². The molecule has 0 amide bonds. The smallest absolute Gasteiger partial charge is 0.0346 e. The van der Waals surface area contributed by atoms with Gasteiger partial charge in [0.15, 0.2) is 0 Å². The topological polar surface area (TPSA) is 12.9 Å². The second-order valence-electron chi connectivity index (χ2n) is 3.61. The number of fused-ring (bicyclic) bond motifs is 1. The van der Waals surface area contributed by atoms with Crippen LogP contribution in [0.4, 0.5) is 0 Å². The molecule has 1 aromatic carbocycles. The lowest BCUT2D eigenvalue weighted by atomic mass is 10.0. The van der Waals surface area contributed by atoms with Gasteiger partial charge >= 0.3 is 0 Å². The van der Waals surface area contributed by atoms with Crippen LogP contribution in [-0.2, 0) is 0 Å². The van der Waals surface area contributed by atoms with E-state index in [-0.39, 0.29) is 0 Å². The van der Waals surface area contributed by atoms with Crippen molar-refractivity contribution in [3.8, 4) is 0 Å². The highest BCUT2D eigenvalue weighted by Crippen LogP contribution is 2.20. The highest BCUT2D eigenvalue weighted by Gasteiger charge is 1.99. The van der Waals surface area contributed by atoms with E-state index >= 15 is 0 Å². The van der Waals surface area contributed by atoms with Gasteiger partial charge in [0.1, 0.15) is 0 Å². The van der Waals surface area contributed by atoms with Crippen molar-refractivity contribution < 1.29 is 0 Å². The van der Waals surface area contributed by atoms with Gasteiger partial charge in [-0.3, -0.25) is 4.98 Å². The summed E-state index contributed by atoms with van der Waals surface area (Å²) in [4.78, 5) is 4.18. The normalized spacial score (nSPS) is 9.67. The molecule has 2 aromatic rings. The molecular weight excluding hydrogens is 182 g/mol. The number of benzene rings is 1. The molecule has 0 saturated carbocycles. The van der Waals surface area contributed by atoms with Crippen LogP contribution in [-0.4, -0.2) is 4.98 Å². The van der Waals surface area contributed by atoms with E-state index < -0.39 is 0 Å². The Labute approximate surface area is 92.2 Å². The highest BCUT2D eigenvalue weighted by molar-refractivity contribution is 5.85. The standard InChI is InChI=1S/C12H13N.C2H6/c1-8-4-11-7-13-6-10(3)12(11)5-9(8)2;1-2/h4-7H,1-3H3;1-2H3. The summed E-state index contributed by atoms with van der Waals surface area (Å²) in [5.41, 5.74) is 3.93. The molecule has 0 spiro atoms. The van der Waals surface area contributed by atoms with Gasteiger partial charge in [0, 0.05) is 17.8 Å². The van der Waals surface area contributed by atoms with Crippen LogP contribution in [0.1, 0.15) is 30.5 Å². The Morgan fingerprint density at radius 1 is 0.800 bits per heavy atom. The van der Waals surface area contributed by atoms with Gasteiger partial charge in [-0.25, -0.2) is 0 Å². The predicted molar refractivity (Wildman–Crippen MR) is 67.3 cm³/mol. The lowest BCUT2D eigenvalue weighted by Crippen LogP contribution is -1.85. The maximum absolute atomic E-state index is 4.18. The van der Waals surface area contributed by atoms with Crippen molar-refractivity contribution >= 4 is 10.8 Å². The molecule has 1 aromatic heterocycles. The molecule has 0 unspecified atom stereocenters. The minimum Gasteiger partial charge on any atom is -0.264 e. The number of aromatic nitrogens is 1. The van der Waals surface area contributed by atoms with Gasteiger partial charge in [-0.15, -0.1) is 0 Å². The van der Waals surface area contributed by atoms with Gasteiger partial charge < -0.3 is 0 Å². The minimum atomic E-state index is 1.24. The third-order valence-electron chi connectivity index (χ3n) is 2.57. The Bertz CT molecular complexity index is 458. The maximum Gasteiger partial charge on any atom is 0.0346 e. The van der Waals surface area contributed by atoms with Crippen LogP contribution < -0.4 is 0 Å². The SMILES string of the molecule is CC.Cc1cc2cncc(C)c2cc1C. The van der Waals surface area contributed by atoms with Crippen LogP contribution in [0.25, 0.3) is 10.8 Å². The molecule has 0 aliphatic rings. The predicted octanol–water partition coefficient (Wildman–Crippen LogP) is 4.19. The summed E-state index contributed by atoms with van der Waals surface area (Å²) in [6, 6.07) is 4.44. The third kappa shape index (κ3) is 2.35. The van der Waals surface area contributed by atoms with Crippen molar-refractivity contribution in [1.82, 2.24) is 4.98 Å². The molecule has 0 N–H and O–H groups in total. The molecule has 0 radical (unpaired) electrons. The van der Waals surface area contributed by atoms with Gasteiger partial charge in [-0.1, -0.05) is 19.9 Å². The van der Waals surface area contributed by atoms with E-state index in [1.165, 1.54) is 27.5 Å². The summed E-state index contributed by atoms with van der Waals surface area (Å²) < 4.78 is 0. The molecule has 80 valence electrons. The van der Waals surface area contributed by atoms with E-state index in [9.17, 15) is 0 Å². The molecule has 2 rings (SSSR count). The largest absolute Gasteiger partial charge is 0.264 e. The second kappa shape index (κ2) is 4.92. The van der Waals surface area contributed by atoms with Gasteiger partial charge in [-0.05, 0) is 48.9 Å². The van der Waals surface area contributed by atoms with E-state index in [0.29, 0.717) is 0 Å². The zero-order valence-corrected chi connectivity index (χ0v) is 10.3. The van der Waals surface area contributed by atoms with Gasteiger partial charge in [0.05, 0.1) is 0 Å². The first-order chi connectivity index (χ1) is 7.18. The van der Waals surface area contributed by atoms with Crippen molar-refractivity contribution in [2.24, 2.45) is 0 Å². The van der Waals surface area contributed by atoms with Crippen molar-refractivity contribution in [3.05, 3.63) is 41.2 Å². The van der Waals surface area contributed by atoms with Crippen molar-refractivity contribution in [2.45, 2.75) is 34.6 Å². The fourth-order valence-electron chi connectivity index (χ4n) is 1.59. The first kappa shape index (κ1) is 11.7. The fourth-order valence-corrected chi connectivity index (χ4v) is 1.59. The monoisotopic (exact) mass is 201 g/mol. The average molecular weight is 201 g/mol. The summed E-state index contributed by atoms with van der Waals surface area (Å²) in [6.07, 6.45) is 3.84. The Hall–Kier alpha value is -1.37. The Balaban J connectivity index is 0.000000531. The Kier molecular flexibility index (Phi) is 3.84. The highest BCUT2D eigenvalue weighted by atomic mass is 14.6. The molecule has 15 heavy (non-hydrogen) atoms. The zero-order valence-electron chi connectivity index (χ0n) is 10.3. The molecule has 0 bridgehead atoms. The van der Waals surface area contributed by atoms with Crippen molar-refractivity contribution in [1.29, 1.82) is 0 Å². The van der Waals surface area contributed by atoms with E-state index in [1.807, 2.05) is 26.2 Å². The summed E-state index contributed by atoms with van der Waals surface area (Å²) in [6.45, 7) is 10.4. The number of pyridine rings is 1. The first-order valence-electron chi connectivity index (χ1n) is 5.50. The van der Waals surface area contributed by atoms with Crippen LogP contribution in [0, 0.1) is 20.8 Å². The molecule has 1 heteroatoms. The Morgan fingerprint density at radius 2 is 1.40 bits per heavy atom. The quantitative estimate of drug-likeness (QED) is 0.623. The third-order valence-corrected chi connectivity index (χ3v) is 2.57. The van der Waals surface area contributed by atoms with Gasteiger partial charge in [-0.2, -0.15) is 0 Å². The lowest BCUT2D eigenvalue weighted by molar-refractivity contribution is 1.29. The number of rotatable bonds is 0. The number of hydrogen-bond donors (Lipinski definition) is 0. The number of hydrogen-bond acceptors (Lipinski definition) is 1. The van der Waals surface area contributed by atoms with Crippen LogP contribution in [0.15, 0.2) is 24.5 Å². The van der Waals surface area contributed by atoms with Crippen molar-refractivity contribution in [2.75, 3.05) is 0 Å². The van der Waals surface area contributed by atoms with E-state index in [0.717, 1.165) is 0 Å². The van der Waals surface area contributed by atoms with Crippen molar-refractivity contribution in [3.63, 3.8) is 0 Å². The molecule has 0 aliphatic carbocycles. The first-order valence-corrected chi connectivity index (χ1v) is 5.50. The molecule has 0 fully saturated rings. The van der Waals surface area contributed by atoms with Crippen LogP contribution in [0.2, 0.25) is 0 Å². The number of aryl methyl sites for hydroxylation is 3. The van der Waals surface area contributed by atoms with E-state index in [2.05, 4.69) is 37.9 Å². The minimum absolute atomic E-state index is 1.24. The van der Waals surface area contributed by atoms with Gasteiger partial charge in [0.25, 0.3) is 0 Å². The average Bonchev–Trinajstić information content (AvgIpc) is 2.24. The summed E-state index contributed by atoms with van der Waals surface area (Å²) in [5.74, 6) is 0. The van der Waals surface area contributed by atoms with Crippen LogP contribution >= 0.6 is 0 Å². The molecule has 0 aliphatic heterocycles. The summed E-state index contributed by atoms with van der Waals surface area (Å²) >= 11 is 0. The fraction of sp³-hybridized carbons (Fsp3) is 0.357. The van der Waals surface area contributed by atoms with E-state index in [1.54, 1.807) is 0 Å². The molecule has 1 nitrogen and oxygen atoms in total. The Morgan fingerprint density at radius 3 is 2.07 bits per heavy atom. The number of nitrogens with zero attached hydrogens (tertiary/aromatic N) is 1. The lowest BCUT2D eigenvalue weighted by Gasteiger charge is -2.05. The van der Waals surface area contributed by atoms with Crippen LogP contribution in [0.5, 0.6) is 0 Å². The van der Waals surface area contributed by atoms with E-state index in [4.69, 9.17) is 0 Å². The zero-order chi connectivity index (χ0) is 11.4. The second-order valence-corrected chi connectivity index (χ2v) is 3.61. The molecular formula is C14H19N. The maximum atomic E-state index is 4.18. The van der Waals surface area contributed by atoms with Gasteiger partial charge in [0.2, 0.25) is 0 Å². The molecule has 0 saturated heterocycles.